The summed E-state index contributed by atoms with van der Waals surface area (Å²) in [7, 11) is 0. The van der Waals surface area contributed by atoms with Gasteiger partial charge in [0.15, 0.2) is 0 Å². The first kappa shape index (κ1) is 12.2. The summed E-state index contributed by atoms with van der Waals surface area (Å²) in [6.07, 6.45) is 2.93. The average Bonchev–Trinajstić information content (AvgIpc) is 2.78. The van der Waals surface area contributed by atoms with E-state index in [2.05, 4.69) is 16.8 Å². The van der Waals surface area contributed by atoms with Crippen LogP contribution in [0.4, 0.5) is 11.4 Å². The second kappa shape index (κ2) is 4.70. The van der Waals surface area contributed by atoms with Crippen molar-refractivity contribution in [3.63, 3.8) is 0 Å². The molecule has 2 heterocycles. The first-order chi connectivity index (χ1) is 9.20. The zero-order valence-corrected chi connectivity index (χ0v) is 11.1. The molecule has 2 unspecified atom stereocenters. The number of hydrogen-bond donors (Lipinski definition) is 2. The lowest BCUT2D eigenvalue weighted by Crippen LogP contribution is -2.35. The minimum atomic E-state index is 0.194. The summed E-state index contributed by atoms with van der Waals surface area (Å²) in [5.41, 5.74) is 8.59. The quantitative estimate of drug-likeness (QED) is 0.808. The van der Waals surface area contributed by atoms with Crippen LogP contribution >= 0.6 is 0 Å². The number of fused-ring (bicyclic) bond motifs is 1. The molecule has 3 N–H and O–H groups in total. The largest absolute Gasteiger partial charge is 0.399 e. The van der Waals surface area contributed by atoms with Gasteiger partial charge in [-0.15, -0.1) is 0 Å². The number of pyridine rings is 1. The molecule has 3 rings (SSSR count). The van der Waals surface area contributed by atoms with Gasteiger partial charge >= 0.3 is 0 Å². The number of nitrogen functional groups attached to an aromatic ring is 1. The fourth-order valence-corrected chi connectivity index (χ4v) is 2.99. The van der Waals surface area contributed by atoms with Crippen LogP contribution in [0.5, 0.6) is 0 Å². The standard InChI is InChI=1S/C15H19N3O/c1-10-5-7-18(15(10)9-19)14-4-6-17-13-8-11(16)2-3-12(13)14/h2-4,6,8,10,15,19H,5,7,9,16H2,1H3. The number of aliphatic hydroxyl groups excluding tert-OH is 1. The van der Waals surface area contributed by atoms with Crippen LogP contribution in [0.15, 0.2) is 30.5 Å². The molecule has 2 atom stereocenters. The van der Waals surface area contributed by atoms with Crippen molar-refractivity contribution in [3.05, 3.63) is 30.5 Å². The molecule has 0 radical (unpaired) electrons. The zero-order valence-electron chi connectivity index (χ0n) is 11.1. The number of anilines is 2. The Morgan fingerprint density at radius 1 is 1.42 bits per heavy atom. The van der Waals surface area contributed by atoms with Crippen LogP contribution in [0.1, 0.15) is 13.3 Å². The van der Waals surface area contributed by atoms with Crippen LogP contribution in [0.2, 0.25) is 0 Å². The van der Waals surface area contributed by atoms with Crippen LogP contribution in [0, 0.1) is 5.92 Å². The minimum absolute atomic E-state index is 0.194. The van der Waals surface area contributed by atoms with E-state index in [1.807, 2.05) is 30.5 Å². The van der Waals surface area contributed by atoms with Crippen LogP contribution < -0.4 is 10.6 Å². The smallest absolute Gasteiger partial charge is 0.0743 e. The lowest BCUT2D eigenvalue weighted by Gasteiger charge is -2.28. The molecule has 100 valence electrons. The highest BCUT2D eigenvalue weighted by Gasteiger charge is 2.31. The molecule has 4 heteroatoms. The first-order valence-electron chi connectivity index (χ1n) is 6.72. The van der Waals surface area contributed by atoms with E-state index < -0.39 is 0 Å². The third kappa shape index (κ3) is 2.02. The summed E-state index contributed by atoms with van der Waals surface area (Å²) in [6.45, 7) is 3.37. The van der Waals surface area contributed by atoms with Crippen molar-refractivity contribution in [3.8, 4) is 0 Å². The lowest BCUT2D eigenvalue weighted by molar-refractivity contribution is 0.245. The van der Waals surface area contributed by atoms with Crippen molar-refractivity contribution in [1.82, 2.24) is 4.98 Å². The third-order valence-corrected chi connectivity index (χ3v) is 4.12. The predicted octanol–water partition coefficient (Wildman–Crippen LogP) is 2.02. The number of rotatable bonds is 2. The molecule has 0 saturated carbocycles. The maximum atomic E-state index is 9.61. The Hall–Kier alpha value is -1.81. The Morgan fingerprint density at radius 3 is 3.05 bits per heavy atom. The van der Waals surface area contributed by atoms with Crippen molar-refractivity contribution in [1.29, 1.82) is 0 Å². The molecule has 0 aliphatic carbocycles. The van der Waals surface area contributed by atoms with Gasteiger partial charge in [0.1, 0.15) is 0 Å². The monoisotopic (exact) mass is 257 g/mol. The summed E-state index contributed by atoms with van der Waals surface area (Å²) < 4.78 is 0. The maximum absolute atomic E-state index is 9.61. The molecule has 1 aromatic heterocycles. The predicted molar refractivity (Wildman–Crippen MR) is 78.2 cm³/mol. The van der Waals surface area contributed by atoms with Crippen molar-refractivity contribution >= 4 is 22.3 Å². The molecule has 1 saturated heterocycles. The topological polar surface area (TPSA) is 62.4 Å². The van der Waals surface area contributed by atoms with E-state index in [0.29, 0.717) is 5.92 Å². The Labute approximate surface area is 112 Å². The number of nitrogens with two attached hydrogens (primary N) is 1. The molecule has 1 fully saturated rings. The van der Waals surface area contributed by atoms with Gasteiger partial charge in [-0.2, -0.15) is 0 Å². The van der Waals surface area contributed by atoms with Crippen LogP contribution in [0.3, 0.4) is 0 Å². The number of benzene rings is 1. The molecule has 1 aliphatic rings. The second-order valence-corrected chi connectivity index (χ2v) is 5.32. The van der Waals surface area contributed by atoms with Gasteiger partial charge in [-0.1, -0.05) is 6.92 Å². The summed E-state index contributed by atoms with van der Waals surface area (Å²) in [5, 5.41) is 10.7. The SMILES string of the molecule is CC1CCN(c2ccnc3cc(N)ccc23)C1CO. The molecule has 0 spiro atoms. The van der Waals surface area contributed by atoms with Gasteiger partial charge in [0.05, 0.1) is 18.2 Å². The van der Waals surface area contributed by atoms with E-state index in [0.717, 1.165) is 35.2 Å². The molecule has 2 aromatic rings. The third-order valence-electron chi connectivity index (χ3n) is 4.12. The minimum Gasteiger partial charge on any atom is -0.399 e. The summed E-state index contributed by atoms with van der Waals surface area (Å²) in [5.74, 6) is 0.516. The van der Waals surface area contributed by atoms with E-state index in [-0.39, 0.29) is 12.6 Å². The molecule has 0 bridgehead atoms. The number of hydrogen-bond acceptors (Lipinski definition) is 4. The lowest BCUT2D eigenvalue weighted by atomic mass is 10.0. The average molecular weight is 257 g/mol. The van der Waals surface area contributed by atoms with Gasteiger partial charge in [-0.05, 0) is 36.6 Å². The van der Waals surface area contributed by atoms with Crippen molar-refractivity contribution in [2.45, 2.75) is 19.4 Å². The molecular weight excluding hydrogens is 238 g/mol. The summed E-state index contributed by atoms with van der Waals surface area (Å²) in [6, 6.07) is 8.04. The fourth-order valence-electron chi connectivity index (χ4n) is 2.99. The van der Waals surface area contributed by atoms with Crippen molar-refractivity contribution in [2.24, 2.45) is 5.92 Å². The van der Waals surface area contributed by atoms with Gasteiger partial charge in [0.2, 0.25) is 0 Å². The summed E-state index contributed by atoms with van der Waals surface area (Å²) >= 11 is 0. The molecule has 1 aromatic carbocycles. The van der Waals surface area contributed by atoms with E-state index in [4.69, 9.17) is 5.73 Å². The summed E-state index contributed by atoms with van der Waals surface area (Å²) in [4.78, 5) is 6.67. The van der Waals surface area contributed by atoms with Crippen LogP contribution in [-0.2, 0) is 0 Å². The fraction of sp³-hybridized carbons (Fsp3) is 0.400. The van der Waals surface area contributed by atoms with Gasteiger partial charge < -0.3 is 15.7 Å². The van der Waals surface area contributed by atoms with Crippen LogP contribution in [0.25, 0.3) is 10.9 Å². The van der Waals surface area contributed by atoms with Gasteiger partial charge in [0.25, 0.3) is 0 Å². The van der Waals surface area contributed by atoms with E-state index >= 15 is 0 Å². The molecular formula is C15H19N3O. The highest BCUT2D eigenvalue weighted by molar-refractivity contribution is 5.93. The normalized spacial score (nSPS) is 23.2. The first-order valence-corrected chi connectivity index (χ1v) is 6.72. The molecule has 1 aliphatic heterocycles. The van der Waals surface area contributed by atoms with E-state index in [9.17, 15) is 5.11 Å². The van der Waals surface area contributed by atoms with E-state index in [1.165, 1.54) is 0 Å². The second-order valence-electron chi connectivity index (χ2n) is 5.32. The van der Waals surface area contributed by atoms with Crippen molar-refractivity contribution in [2.75, 3.05) is 23.8 Å². The number of nitrogens with zero attached hydrogens (tertiary/aromatic N) is 2. The van der Waals surface area contributed by atoms with Gasteiger partial charge in [-0.25, -0.2) is 0 Å². The van der Waals surface area contributed by atoms with E-state index in [1.54, 1.807) is 0 Å². The Kier molecular flexibility index (Phi) is 3.03. The molecule has 0 amide bonds. The van der Waals surface area contributed by atoms with Gasteiger partial charge in [0, 0.05) is 29.5 Å². The Balaban J connectivity index is 2.10. The molecule has 19 heavy (non-hydrogen) atoms. The Bertz CT molecular complexity index is 599. The maximum Gasteiger partial charge on any atom is 0.0743 e. The number of aliphatic hydroxyl groups is 1. The van der Waals surface area contributed by atoms with Crippen molar-refractivity contribution < 1.29 is 5.11 Å². The Morgan fingerprint density at radius 2 is 2.26 bits per heavy atom. The zero-order chi connectivity index (χ0) is 13.4. The van der Waals surface area contributed by atoms with Crippen LogP contribution in [-0.4, -0.2) is 29.3 Å². The number of aromatic nitrogens is 1. The van der Waals surface area contributed by atoms with Gasteiger partial charge in [-0.3, -0.25) is 4.98 Å². The molecule has 4 nitrogen and oxygen atoms in total. The highest BCUT2D eigenvalue weighted by atomic mass is 16.3. The highest BCUT2D eigenvalue weighted by Crippen LogP contribution is 2.34.